The van der Waals surface area contributed by atoms with Crippen LogP contribution in [0.3, 0.4) is 0 Å². The van der Waals surface area contributed by atoms with Gasteiger partial charge in [0.2, 0.25) is 0 Å². The van der Waals surface area contributed by atoms with E-state index in [1.54, 1.807) is 14.2 Å². The quantitative estimate of drug-likeness (QED) is 0.627. The summed E-state index contributed by atoms with van der Waals surface area (Å²) in [6.07, 6.45) is 1.53. The number of ether oxygens (including phenoxy) is 3. The lowest BCUT2D eigenvalue weighted by Crippen LogP contribution is -2.45. The van der Waals surface area contributed by atoms with Gasteiger partial charge >= 0.3 is 0 Å². The van der Waals surface area contributed by atoms with Crippen LogP contribution in [0, 0.1) is 0 Å². The van der Waals surface area contributed by atoms with Crippen molar-refractivity contribution in [3.8, 4) is 11.5 Å². The maximum atomic E-state index is 6.24. The van der Waals surface area contributed by atoms with Crippen LogP contribution < -0.4 is 25.6 Å². The number of para-hydroxylation sites is 2. The number of piperidine rings is 1. The molecule has 0 amide bonds. The second-order valence-electron chi connectivity index (χ2n) is 7.10. The second kappa shape index (κ2) is 8.91. The van der Waals surface area contributed by atoms with Gasteiger partial charge in [0.15, 0.2) is 11.4 Å². The summed E-state index contributed by atoms with van der Waals surface area (Å²) in [6, 6.07) is 15.3. The molecule has 0 bridgehead atoms. The molecule has 8 heteroatoms. The summed E-state index contributed by atoms with van der Waals surface area (Å²) in [5, 5.41) is 6.72. The Balaban J connectivity index is 1.66. The Labute approximate surface area is 181 Å². The number of hydroxylamine groups is 1. The molecule has 1 fully saturated rings. The lowest BCUT2D eigenvalue weighted by atomic mass is 9.89. The highest BCUT2D eigenvalue weighted by atomic mass is 32.1. The van der Waals surface area contributed by atoms with E-state index in [1.807, 2.05) is 48.5 Å². The predicted octanol–water partition coefficient (Wildman–Crippen LogP) is 3.44. The fourth-order valence-electron chi connectivity index (χ4n) is 3.72. The molecule has 2 aromatic rings. The minimum absolute atomic E-state index is 0.222. The molecule has 158 valence electrons. The molecular formula is C22H25N3O4S. The maximum absolute atomic E-state index is 6.24. The van der Waals surface area contributed by atoms with E-state index in [-0.39, 0.29) is 5.17 Å². The highest BCUT2D eigenvalue weighted by molar-refractivity contribution is 7.80. The number of nitrogens with one attached hydrogen (secondary N) is 3. The van der Waals surface area contributed by atoms with Crippen LogP contribution in [0.25, 0.3) is 5.70 Å². The zero-order chi connectivity index (χ0) is 21.0. The summed E-state index contributed by atoms with van der Waals surface area (Å²) >= 11 is 5.54. The van der Waals surface area contributed by atoms with Crippen LogP contribution in [0.2, 0.25) is 0 Å². The third kappa shape index (κ3) is 4.07. The van der Waals surface area contributed by atoms with Crippen LogP contribution in [0.5, 0.6) is 11.5 Å². The molecule has 0 aromatic heterocycles. The molecule has 7 nitrogen and oxygen atoms in total. The van der Waals surface area contributed by atoms with Crippen LogP contribution in [-0.4, -0.2) is 38.1 Å². The van der Waals surface area contributed by atoms with E-state index >= 15 is 0 Å². The Bertz CT molecular complexity index is 957. The maximum Gasteiger partial charge on any atom is 0.266 e. The van der Waals surface area contributed by atoms with Gasteiger partial charge in [0, 0.05) is 5.56 Å². The predicted molar refractivity (Wildman–Crippen MR) is 119 cm³/mol. The zero-order valence-corrected chi connectivity index (χ0v) is 17.8. The smallest absolute Gasteiger partial charge is 0.266 e. The molecule has 30 heavy (non-hydrogen) atoms. The Kier molecular flexibility index (Phi) is 6.08. The first-order chi connectivity index (χ1) is 14.6. The van der Waals surface area contributed by atoms with Crippen molar-refractivity contribution < 1.29 is 19.0 Å². The molecule has 0 saturated carbocycles. The van der Waals surface area contributed by atoms with Gasteiger partial charge in [0.25, 0.3) is 5.17 Å². The molecule has 2 aliphatic heterocycles. The summed E-state index contributed by atoms with van der Waals surface area (Å²) < 4.78 is 17.0. The lowest BCUT2D eigenvalue weighted by molar-refractivity contribution is -0.0729. The normalized spacial score (nSPS) is 17.4. The second-order valence-corrected chi connectivity index (χ2v) is 7.47. The molecule has 1 spiro atoms. The number of hydrogen-bond donors (Lipinski definition) is 3. The van der Waals surface area contributed by atoms with Crippen molar-refractivity contribution in [2.24, 2.45) is 0 Å². The molecule has 0 radical (unpaired) electrons. The van der Waals surface area contributed by atoms with Crippen molar-refractivity contribution >= 4 is 28.8 Å². The van der Waals surface area contributed by atoms with Gasteiger partial charge in [0.05, 0.1) is 19.9 Å². The van der Waals surface area contributed by atoms with E-state index in [0.717, 1.165) is 48.6 Å². The molecule has 0 unspecified atom stereocenters. The molecule has 2 aromatic carbocycles. The van der Waals surface area contributed by atoms with E-state index in [4.69, 9.17) is 31.3 Å². The van der Waals surface area contributed by atoms with Gasteiger partial charge in [-0.1, -0.05) is 24.3 Å². The third-order valence-electron chi connectivity index (χ3n) is 5.30. The van der Waals surface area contributed by atoms with Crippen LogP contribution in [0.1, 0.15) is 18.4 Å². The largest absolute Gasteiger partial charge is 0.497 e. The third-order valence-corrected chi connectivity index (χ3v) is 5.48. The summed E-state index contributed by atoms with van der Waals surface area (Å²) in [5.41, 5.74) is 4.89. The zero-order valence-electron chi connectivity index (χ0n) is 17.0. The Morgan fingerprint density at radius 3 is 2.63 bits per heavy atom. The number of benzene rings is 2. The highest BCUT2D eigenvalue weighted by Gasteiger charge is 2.47. The monoisotopic (exact) mass is 427 g/mol. The van der Waals surface area contributed by atoms with Crippen LogP contribution in [0.15, 0.2) is 54.3 Å². The van der Waals surface area contributed by atoms with E-state index in [1.165, 1.54) is 0 Å². The number of thiocarbonyl (C=S) groups is 1. The van der Waals surface area contributed by atoms with Crippen molar-refractivity contribution in [1.82, 2.24) is 10.8 Å². The average Bonchev–Trinajstić information content (AvgIpc) is 3.11. The molecule has 0 aliphatic carbocycles. The van der Waals surface area contributed by atoms with Crippen LogP contribution >= 0.6 is 12.2 Å². The van der Waals surface area contributed by atoms with Gasteiger partial charge in [-0.3, -0.25) is 10.3 Å². The van der Waals surface area contributed by atoms with Crippen LogP contribution in [-0.2, 0) is 9.57 Å². The van der Waals surface area contributed by atoms with Crippen molar-refractivity contribution in [3.05, 3.63) is 59.9 Å². The molecule has 1 saturated heterocycles. The number of anilines is 1. The fraction of sp³-hybridized carbons (Fsp3) is 0.318. The van der Waals surface area contributed by atoms with Gasteiger partial charge in [-0.05, 0) is 62.4 Å². The lowest BCUT2D eigenvalue weighted by Gasteiger charge is -2.33. The number of methoxy groups -OCH3 is 2. The standard InChI is InChI=1S/C22H25N3O4S/c1-26-16-7-5-6-15(14-16)19-20(22(29-25-19)10-12-23-13-11-22)28-21(30)24-17-8-3-4-9-18(17)27-2/h3-9,14,23,25H,10-13H2,1-2H3,(H,24,30). The molecule has 0 atom stereocenters. The molecule has 2 heterocycles. The highest BCUT2D eigenvalue weighted by Crippen LogP contribution is 2.41. The van der Waals surface area contributed by atoms with Gasteiger partial charge in [0.1, 0.15) is 17.2 Å². The topological polar surface area (TPSA) is 73.0 Å². The summed E-state index contributed by atoms with van der Waals surface area (Å²) in [4.78, 5) is 6.09. The minimum atomic E-state index is -0.587. The fourth-order valence-corrected chi connectivity index (χ4v) is 3.91. The number of rotatable bonds is 5. The van der Waals surface area contributed by atoms with Gasteiger partial charge in [-0.15, -0.1) is 0 Å². The van der Waals surface area contributed by atoms with Crippen molar-refractivity contribution in [2.45, 2.75) is 18.4 Å². The van der Waals surface area contributed by atoms with E-state index in [2.05, 4.69) is 16.1 Å². The first-order valence-electron chi connectivity index (χ1n) is 9.81. The van der Waals surface area contributed by atoms with Crippen molar-refractivity contribution in [2.75, 3.05) is 32.6 Å². The SMILES string of the molecule is COc1cccc(C2=C(OC(=S)Nc3ccccc3OC)C3(CCNCC3)ON2)c1. The molecule has 3 N–H and O–H groups in total. The van der Waals surface area contributed by atoms with Gasteiger partial charge in [-0.2, -0.15) is 0 Å². The molecule has 4 rings (SSSR count). The average molecular weight is 428 g/mol. The van der Waals surface area contributed by atoms with Gasteiger partial charge < -0.3 is 24.8 Å². The first kappa shape index (κ1) is 20.5. The van der Waals surface area contributed by atoms with E-state index < -0.39 is 5.60 Å². The number of hydrogen-bond acceptors (Lipinski definition) is 7. The summed E-state index contributed by atoms with van der Waals surface area (Å²) in [7, 11) is 3.26. The Morgan fingerprint density at radius 2 is 1.87 bits per heavy atom. The van der Waals surface area contributed by atoms with Crippen molar-refractivity contribution in [1.29, 1.82) is 0 Å². The van der Waals surface area contributed by atoms with Gasteiger partial charge in [-0.25, -0.2) is 0 Å². The summed E-state index contributed by atoms with van der Waals surface area (Å²) in [5.74, 6) is 2.11. The van der Waals surface area contributed by atoms with E-state index in [9.17, 15) is 0 Å². The van der Waals surface area contributed by atoms with E-state index in [0.29, 0.717) is 11.5 Å². The molecule has 2 aliphatic rings. The summed E-state index contributed by atoms with van der Waals surface area (Å²) in [6.45, 7) is 1.65. The van der Waals surface area contributed by atoms with Crippen molar-refractivity contribution in [3.63, 3.8) is 0 Å². The molecular weight excluding hydrogens is 402 g/mol. The first-order valence-corrected chi connectivity index (χ1v) is 10.2. The van der Waals surface area contributed by atoms with Crippen LogP contribution in [0.4, 0.5) is 5.69 Å². The Hall–Kier alpha value is -2.81. The minimum Gasteiger partial charge on any atom is -0.497 e. The Morgan fingerprint density at radius 1 is 1.07 bits per heavy atom.